The van der Waals surface area contributed by atoms with Gasteiger partial charge in [0.1, 0.15) is 0 Å². The lowest BCUT2D eigenvalue weighted by atomic mass is 10.2. The summed E-state index contributed by atoms with van der Waals surface area (Å²) in [5.41, 5.74) is 3.87. The molecule has 0 fully saturated rings. The lowest BCUT2D eigenvalue weighted by molar-refractivity contribution is 0.0955. The third kappa shape index (κ3) is 4.95. The first-order valence-electron chi connectivity index (χ1n) is 7.04. The Morgan fingerprint density at radius 3 is 2.78 bits per heavy atom. The maximum absolute atomic E-state index is 12.0. The number of carbonyl (C=O) groups is 1. The van der Waals surface area contributed by atoms with Crippen LogP contribution in [0.1, 0.15) is 22.8 Å². The maximum atomic E-state index is 12.0. The summed E-state index contributed by atoms with van der Waals surface area (Å²) in [6.45, 7) is 2.48. The number of hydrogen-bond acceptors (Lipinski definition) is 4. The highest BCUT2D eigenvalue weighted by Gasteiger charge is 2.05. The molecule has 0 radical (unpaired) electrons. The van der Waals surface area contributed by atoms with E-state index in [0.29, 0.717) is 23.7 Å². The number of amides is 1. The second kappa shape index (κ2) is 8.52. The monoisotopic (exact) mass is 424 g/mol. The Morgan fingerprint density at radius 1 is 1.26 bits per heavy atom. The predicted octanol–water partition coefficient (Wildman–Crippen LogP) is 3.46. The van der Waals surface area contributed by atoms with Gasteiger partial charge in [-0.15, -0.1) is 0 Å². The van der Waals surface area contributed by atoms with Crippen molar-refractivity contribution in [3.63, 3.8) is 0 Å². The quantitative estimate of drug-likeness (QED) is 0.439. The van der Waals surface area contributed by atoms with E-state index in [4.69, 9.17) is 9.47 Å². The molecule has 120 valence electrons. The van der Waals surface area contributed by atoms with Crippen molar-refractivity contribution >= 4 is 34.7 Å². The molecule has 0 heterocycles. The standard InChI is InChI=1S/C17H17IN2O3/c1-3-23-15-8-7-12(9-16(15)22-2)11-19-20-17(21)13-5-4-6-14(18)10-13/h4-11H,3H2,1-2H3,(H,20,21)/b19-11-. The molecular weight excluding hydrogens is 407 g/mol. The van der Waals surface area contributed by atoms with Crippen LogP contribution >= 0.6 is 22.6 Å². The number of carbonyl (C=O) groups excluding carboxylic acids is 1. The molecule has 0 saturated carbocycles. The summed E-state index contributed by atoms with van der Waals surface area (Å²) in [6, 6.07) is 12.7. The summed E-state index contributed by atoms with van der Waals surface area (Å²) < 4.78 is 11.7. The summed E-state index contributed by atoms with van der Waals surface area (Å²) in [6.07, 6.45) is 1.56. The van der Waals surface area contributed by atoms with Crippen LogP contribution in [-0.2, 0) is 0 Å². The minimum absolute atomic E-state index is 0.252. The summed E-state index contributed by atoms with van der Waals surface area (Å²) >= 11 is 2.16. The minimum Gasteiger partial charge on any atom is -0.493 e. The number of nitrogens with zero attached hydrogens (tertiary/aromatic N) is 1. The average molecular weight is 424 g/mol. The van der Waals surface area contributed by atoms with E-state index in [-0.39, 0.29) is 5.91 Å². The highest BCUT2D eigenvalue weighted by atomic mass is 127. The lowest BCUT2D eigenvalue weighted by Crippen LogP contribution is -2.17. The minimum atomic E-state index is -0.252. The molecule has 0 bridgehead atoms. The summed E-state index contributed by atoms with van der Waals surface area (Å²) in [7, 11) is 1.58. The van der Waals surface area contributed by atoms with Gasteiger partial charge in [0.25, 0.3) is 5.91 Å². The van der Waals surface area contributed by atoms with Crippen LogP contribution in [-0.4, -0.2) is 25.8 Å². The van der Waals surface area contributed by atoms with Crippen LogP contribution in [0, 0.1) is 3.57 Å². The van der Waals surface area contributed by atoms with E-state index in [9.17, 15) is 4.79 Å². The van der Waals surface area contributed by atoms with Gasteiger partial charge in [-0.3, -0.25) is 4.79 Å². The van der Waals surface area contributed by atoms with Crippen LogP contribution in [0.15, 0.2) is 47.6 Å². The van der Waals surface area contributed by atoms with Crippen molar-refractivity contribution in [2.24, 2.45) is 5.10 Å². The molecule has 1 N–H and O–H groups in total. The van der Waals surface area contributed by atoms with Crippen molar-refractivity contribution in [2.75, 3.05) is 13.7 Å². The molecule has 0 aliphatic heterocycles. The molecule has 23 heavy (non-hydrogen) atoms. The number of rotatable bonds is 6. The number of ether oxygens (including phenoxy) is 2. The highest BCUT2D eigenvalue weighted by Crippen LogP contribution is 2.27. The van der Waals surface area contributed by atoms with Crippen LogP contribution in [0.5, 0.6) is 11.5 Å². The van der Waals surface area contributed by atoms with Crippen molar-refractivity contribution in [3.05, 3.63) is 57.2 Å². The normalized spacial score (nSPS) is 10.6. The first-order chi connectivity index (χ1) is 11.1. The van der Waals surface area contributed by atoms with Crippen molar-refractivity contribution in [3.8, 4) is 11.5 Å². The van der Waals surface area contributed by atoms with Gasteiger partial charge in [0.2, 0.25) is 0 Å². The van der Waals surface area contributed by atoms with E-state index >= 15 is 0 Å². The zero-order chi connectivity index (χ0) is 16.7. The number of methoxy groups -OCH3 is 1. The van der Waals surface area contributed by atoms with Crippen molar-refractivity contribution < 1.29 is 14.3 Å². The van der Waals surface area contributed by atoms with Crippen LogP contribution in [0.2, 0.25) is 0 Å². The third-order valence-corrected chi connectivity index (χ3v) is 3.63. The van der Waals surface area contributed by atoms with E-state index in [1.807, 2.05) is 31.2 Å². The molecule has 0 aliphatic rings. The number of halogens is 1. The van der Waals surface area contributed by atoms with Gasteiger partial charge in [0, 0.05) is 9.13 Å². The van der Waals surface area contributed by atoms with Gasteiger partial charge < -0.3 is 9.47 Å². The Morgan fingerprint density at radius 2 is 2.09 bits per heavy atom. The van der Waals surface area contributed by atoms with Gasteiger partial charge in [-0.2, -0.15) is 5.10 Å². The zero-order valence-corrected chi connectivity index (χ0v) is 15.0. The molecule has 1 amide bonds. The molecular formula is C17H17IN2O3. The smallest absolute Gasteiger partial charge is 0.271 e. The molecule has 0 spiro atoms. The summed E-state index contributed by atoms with van der Waals surface area (Å²) in [4.78, 5) is 12.0. The number of hydrazone groups is 1. The average Bonchev–Trinajstić information content (AvgIpc) is 2.56. The second-order valence-electron chi connectivity index (χ2n) is 4.55. The molecule has 0 saturated heterocycles. The fourth-order valence-corrected chi connectivity index (χ4v) is 2.44. The largest absolute Gasteiger partial charge is 0.493 e. The van der Waals surface area contributed by atoms with Gasteiger partial charge in [-0.25, -0.2) is 5.43 Å². The first-order valence-corrected chi connectivity index (χ1v) is 8.11. The Bertz CT molecular complexity index is 717. The van der Waals surface area contributed by atoms with Crippen LogP contribution in [0.3, 0.4) is 0 Å². The zero-order valence-electron chi connectivity index (χ0n) is 12.9. The lowest BCUT2D eigenvalue weighted by Gasteiger charge is -2.09. The maximum Gasteiger partial charge on any atom is 0.271 e. The van der Waals surface area contributed by atoms with Crippen LogP contribution in [0.25, 0.3) is 0 Å². The van der Waals surface area contributed by atoms with E-state index in [0.717, 1.165) is 9.13 Å². The molecule has 2 aromatic carbocycles. The molecule has 2 aromatic rings. The van der Waals surface area contributed by atoms with Gasteiger partial charge >= 0.3 is 0 Å². The summed E-state index contributed by atoms with van der Waals surface area (Å²) in [5.74, 6) is 1.05. The van der Waals surface area contributed by atoms with Gasteiger partial charge in [0.05, 0.1) is 19.9 Å². The molecule has 6 heteroatoms. The van der Waals surface area contributed by atoms with E-state index < -0.39 is 0 Å². The van der Waals surface area contributed by atoms with Gasteiger partial charge in [-0.1, -0.05) is 6.07 Å². The predicted molar refractivity (Wildman–Crippen MR) is 98.4 cm³/mol. The first kappa shape index (κ1) is 17.3. The second-order valence-corrected chi connectivity index (χ2v) is 5.80. The number of nitrogens with one attached hydrogen (secondary N) is 1. The Labute approximate surface area is 148 Å². The highest BCUT2D eigenvalue weighted by molar-refractivity contribution is 14.1. The fourth-order valence-electron chi connectivity index (χ4n) is 1.90. The number of hydrogen-bond donors (Lipinski definition) is 1. The van der Waals surface area contributed by atoms with Crippen molar-refractivity contribution in [1.29, 1.82) is 0 Å². The topological polar surface area (TPSA) is 59.9 Å². The van der Waals surface area contributed by atoms with Crippen LogP contribution < -0.4 is 14.9 Å². The SMILES string of the molecule is CCOc1ccc(/C=N\NC(=O)c2cccc(I)c2)cc1OC. The van der Waals surface area contributed by atoms with Crippen LogP contribution in [0.4, 0.5) is 0 Å². The molecule has 0 atom stereocenters. The van der Waals surface area contributed by atoms with Crippen molar-refractivity contribution in [2.45, 2.75) is 6.92 Å². The molecule has 0 aromatic heterocycles. The van der Waals surface area contributed by atoms with Crippen molar-refractivity contribution in [1.82, 2.24) is 5.43 Å². The van der Waals surface area contributed by atoms with Gasteiger partial charge in [-0.05, 0) is 71.5 Å². The molecule has 0 aliphatic carbocycles. The third-order valence-electron chi connectivity index (χ3n) is 2.95. The molecule has 5 nitrogen and oxygen atoms in total. The van der Waals surface area contributed by atoms with E-state index in [1.165, 1.54) is 0 Å². The fraction of sp³-hybridized carbons (Fsp3) is 0.176. The molecule has 2 rings (SSSR count). The van der Waals surface area contributed by atoms with E-state index in [1.54, 1.807) is 31.5 Å². The summed E-state index contributed by atoms with van der Waals surface area (Å²) in [5, 5.41) is 3.98. The van der Waals surface area contributed by atoms with Gasteiger partial charge in [0.15, 0.2) is 11.5 Å². The number of benzene rings is 2. The Kier molecular flexibility index (Phi) is 6.40. The Hall–Kier alpha value is -2.09. The van der Waals surface area contributed by atoms with E-state index in [2.05, 4.69) is 33.1 Å². The molecule has 0 unspecified atom stereocenters. The Balaban J connectivity index is 2.04.